The minimum Gasteiger partial charge on any atom is -0.481 e. The maximum atomic E-state index is 12.0. The zero-order valence-corrected chi connectivity index (χ0v) is 13.5. The van der Waals surface area contributed by atoms with Gasteiger partial charge >= 0.3 is 5.97 Å². The van der Waals surface area contributed by atoms with E-state index >= 15 is 0 Å². The first-order valence-corrected chi connectivity index (χ1v) is 8.46. The van der Waals surface area contributed by atoms with Crippen molar-refractivity contribution in [2.45, 2.75) is 39.5 Å². The van der Waals surface area contributed by atoms with Crippen molar-refractivity contribution in [2.24, 2.45) is 11.8 Å². The topological polar surface area (TPSA) is 116 Å². The molecule has 0 aromatic rings. The molecule has 20 heavy (non-hydrogen) atoms. The predicted octanol–water partition coefficient (Wildman–Crippen LogP) is 0.684. The molecule has 1 amide bonds. The number of carbonyl (C=O) groups is 2. The van der Waals surface area contributed by atoms with E-state index in [2.05, 4.69) is 10.6 Å². The minimum atomic E-state index is -3.47. The van der Waals surface area contributed by atoms with Crippen molar-refractivity contribution in [1.29, 1.82) is 0 Å². The Bertz CT molecular complexity index is 401. The summed E-state index contributed by atoms with van der Waals surface area (Å²) in [7, 11) is -1.89. The zero-order chi connectivity index (χ0) is 16.1. The quantitative estimate of drug-likeness (QED) is 0.490. The fourth-order valence-electron chi connectivity index (χ4n) is 1.54. The highest BCUT2D eigenvalue weighted by atomic mass is 31.2. The van der Waals surface area contributed by atoms with E-state index in [9.17, 15) is 19.0 Å². The van der Waals surface area contributed by atoms with E-state index in [1.165, 1.54) is 6.92 Å². The lowest BCUT2D eigenvalue weighted by Crippen LogP contribution is -2.43. The first-order valence-electron chi connectivity index (χ1n) is 6.54. The molecule has 0 aliphatic carbocycles. The molecular weight excluding hydrogens is 283 g/mol. The van der Waals surface area contributed by atoms with Crippen molar-refractivity contribution < 1.29 is 24.2 Å². The number of amides is 1. The summed E-state index contributed by atoms with van der Waals surface area (Å²) in [6.45, 7) is 6.23. The Labute approximate surface area is 119 Å². The molecule has 0 fully saturated rings. The lowest BCUT2D eigenvalue weighted by molar-refractivity contribution is -0.142. The Morgan fingerprint density at radius 1 is 1.20 bits per heavy atom. The smallest absolute Gasteiger partial charge is 0.308 e. The molecule has 5 unspecified atom stereocenters. The van der Waals surface area contributed by atoms with E-state index in [1.54, 1.807) is 27.8 Å². The van der Waals surface area contributed by atoms with E-state index in [0.29, 0.717) is 0 Å². The molecule has 0 saturated carbocycles. The van der Waals surface area contributed by atoms with Crippen molar-refractivity contribution in [1.82, 2.24) is 10.6 Å². The van der Waals surface area contributed by atoms with E-state index in [-0.39, 0.29) is 6.16 Å². The molecule has 0 spiro atoms. The number of hydrogen-bond donors (Lipinski definition) is 4. The molecule has 4 N–H and O–H groups in total. The van der Waals surface area contributed by atoms with Crippen LogP contribution in [0.5, 0.6) is 0 Å². The van der Waals surface area contributed by atoms with E-state index < -0.39 is 42.9 Å². The molecule has 0 rings (SSSR count). The van der Waals surface area contributed by atoms with Crippen molar-refractivity contribution >= 4 is 19.2 Å². The lowest BCUT2D eigenvalue weighted by Gasteiger charge is -2.24. The highest BCUT2D eigenvalue weighted by Crippen LogP contribution is 2.46. The van der Waals surface area contributed by atoms with Gasteiger partial charge in [0.05, 0.1) is 11.7 Å². The van der Waals surface area contributed by atoms with Crippen LogP contribution < -0.4 is 10.6 Å². The van der Waals surface area contributed by atoms with Gasteiger partial charge in [0.1, 0.15) is 0 Å². The first-order chi connectivity index (χ1) is 9.02. The number of carboxylic acids is 1. The molecule has 0 aromatic carbocycles. The van der Waals surface area contributed by atoms with E-state index in [4.69, 9.17) is 5.11 Å². The van der Waals surface area contributed by atoms with Crippen LogP contribution in [0.15, 0.2) is 0 Å². The summed E-state index contributed by atoms with van der Waals surface area (Å²) >= 11 is 0. The SMILES string of the molecule is CNC(C)P(=O)(O)CC(C)C(=O)NC(C)C(C)C(=O)O. The van der Waals surface area contributed by atoms with Crippen LogP contribution in [0, 0.1) is 11.8 Å². The lowest BCUT2D eigenvalue weighted by atomic mass is 10.0. The maximum Gasteiger partial charge on any atom is 0.308 e. The standard InChI is InChI=1S/C12H25N2O5P/c1-7(6-20(18,19)10(4)13-5)11(15)14-9(3)8(2)12(16)17/h7-10,13H,6H2,1-5H3,(H,14,15)(H,16,17)(H,18,19). The van der Waals surface area contributed by atoms with Gasteiger partial charge in [-0.1, -0.05) is 6.92 Å². The highest BCUT2D eigenvalue weighted by Gasteiger charge is 2.31. The Kier molecular flexibility index (Phi) is 7.41. The summed E-state index contributed by atoms with van der Waals surface area (Å²) in [4.78, 5) is 32.6. The Morgan fingerprint density at radius 3 is 2.10 bits per heavy atom. The van der Waals surface area contributed by atoms with Gasteiger partial charge in [-0.05, 0) is 27.8 Å². The van der Waals surface area contributed by atoms with Gasteiger partial charge in [0.2, 0.25) is 13.3 Å². The number of aliphatic carboxylic acids is 1. The van der Waals surface area contributed by atoms with Gasteiger partial charge in [-0.25, -0.2) is 0 Å². The summed E-state index contributed by atoms with van der Waals surface area (Å²) in [5.74, 6) is -3.38. The molecular formula is C12H25N2O5P. The molecule has 0 bridgehead atoms. The van der Waals surface area contributed by atoms with Gasteiger partial charge in [-0.2, -0.15) is 0 Å². The summed E-state index contributed by atoms with van der Waals surface area (Å²) in [6.07, 6.45) is -0.144. The second kappa shape index (κ2) is 7.76. The van der Waals surface area contributed by atoms with E-state index in [0.717, 1.165) is 0 Å². The maximum absolute atomic E-state index is 12.0. The molecule has 8 heteroatoms. The average molecular weight is 308 g/mol. The molecule has 0 radical (unpaired) electrons. The summed E-state index contributed by atoms with van der Waals surface area (Å²) < 4.78 is 12.0. The van der Waals surface area contributed by atoms with Crippen LogP contribution in [-0.2, 0) is 14.2 Å². The third-order valence-corrected chi connectivity index (χ3v) is 6.05. The van der Waals surface area contributed by atoms with Gasteiger partial charge in [-0.15, -0.1) is 0 Å². The van der Waals surface area contributed by atoms with Crippen LogP contribution in [0.4, 0.5) is 0 Å². The third kappa shape index (κ3) is 5.61. The van der Waals surface area contributed by atoms with Crippen LogP contribution in [0.2, 0.25) is 0 Å². The Balaban J connectivity index is 4.57. The van der Waals surface area contributed by atoms with Crippen LogP contribution in [0.3, 0.4) is 0 Å². The Hall–Kier alpha value is -0.910. The molecule has 0 aliphatic heterocycles. The summed E-state index contributed by atoms with van der Waals surface area (Å²) in [6, 6.07) is -0.540. The fourth-order valence-corrected chi connectivity index (χ4v) is 3.21. The number of hydrogen-bond acceptors (Lipinski definition) is 4. The summed E-state index contributed by atoms with van der Waals surface area (Å²) in [5.41, 5.74) is 0. The Morgan fingerprint density at radius 2 is 1.70 bits per heavy atom. The molecule has 7 nitrogen and oxygen atoms in total. The van der Waals surface area contributed by atoms with Crippen LogP contribution in [-0.4, -0.2) is 46.9 Å². The molecule has 0 aromatic heterocycles. The summed E-state index contributed by atoms with van der Waals surface area (Å²) in [5, 5.41) is 14.1. The molecule has 5 atom stereocenters. The normalized spacial score (nSPS) is 20.3. The van der Waals surface area contributed by atoms with Crippen molar-refractivity contribution in [2.75, 3.05) is 13.2 Å². The fraction of sp³-hybridized carbons (Fsp3) is 0.833. The second-order valence-electron chi connectivity index (χ2n) is 5.23. The predicted molar refractivity (Wildman–Crippen MR) is 76.8 cm³/mol. The van der Waals surface area contributed by atoms with Gasteiger partial charge in [0, 0.05) is 18.1 Å². The minimum absolute atomic E-state index is 0.144. The largest absolute Gasteiger partial charge is 0.481 e. The van der Waals surface area contributed by atoms with Crippen molar-refractivity contribution in [3.05, 3.63) is 0 Å². The van der Waals surface area contributed by atoms with Gasteiger partial charge < -0.3 is 20.6 Å². The van der Waals surface area contributed by atoms with Crippen molar-refractivity contribution in [3.63, 3.8) is 0 Å². The molecule has 0 aliphatic rings. The molecule has 118 valence electrons. The number of carboxylic acid groups (broad SMARTS) is 1. The van der Waals surface area contributed by atoms with E-state index in [1.807, 2.05) is 0 Å². The molecule has 0 heterocycles. The average Bonchev–Trinajstić information content (AvgIpc) is 2.35. The first kappa shape index (κ1) is 19.1. The number of nitrogens with one attached hydrogen (secondary N) is 2. The van der Waals surface area contributed by atoms with Gasteiger partial charge in [0.15, 0.2) is 0 Å². The number of carbonyl (C=O) groups excluding carboxylic acids is 1. The monoisotopic (exact) mass is 308 g/mol. The number of rotatable bonds is 8. The third-order valence-electron chi connectivity index (χ3n) is 3.52. The van der Waals surface area contributed by atoms with Crippen molar-refractivity contribution in [3.8, 4) is 0 Å². The zero-order valence-electron chi connectivity index (χ0n) is 12.6. The molecule has 0 saturated heterocycles. The van der Waals surface area contributed by atoms with Gasteiger partial charge in [0.25, 0.3) is 0 Å². The van der Waals surface area contributed by atoms with Crippen LogP contribution >= 0.6 is 7.37 Å². The second-order valence-corrected chi connectivity index (χ2v) is 7.88. The van der Waals surface area contributed by atoms with Gasteiger partial charge in [-0.3, -0.25) is 14.2 Å². The van der Waals surface area contributed by atoms with Crippen LogP contribution in [0.25, 0.3) is 0 Å². The van der Waals surface area contributed by atoms with Crippen LogP contribution in [0.1, 0.15) is 27.7 Å². The highest BCUT2D eigenvalue weighted by molar-refractivity contribution is 7.58.